The number of hydrogen-bond donors (Lipinski definition) is 1. The Bertz CT molecular complexity index is 255. The summed E-state index contributed by atoms with van der Waals surface area (Å²) >= 11 is 5.63. The van der Waals surface area contributed by atoms with Crippen molar-refractivity contribution in [3.05, 3.63) is 23.4 Å². The van der Waals surface area contributed by atoms with Crippen molar-refractivity contribution >= 4 is 17.4 Å². The van der Waals surface area contributed by atoms with Gasteiger partial charge in [-0.1, -0.05) is 11.6 Å². The molecule has 0 spiro atoms. The summed E-state index contributed by atoms with van der Waals surface area (Å²) in [7, 11) is 1.84. The summed E-state index contributed by atoms with van der Waals surface area (Å²) in [4.78, 5) is 5.84. The zero-order valence-electron chi connectivity index (χ0n) is 6.79. The fourth-order valence-electron chi connectivity index (χ4n) is 0.832. The van der Waals surface area contributed by atoms with Crippen molar-refractivity contribution < 1.29 is 5.11 Å². The van der Waals surface area contributed by atoms with Gasteiger partial charge in [0.25, 0.3) is 0 Å². The van der Waals surface area contributed by atoms with Gasteiger partial charge in [0.05, 0.1) is 6.61 Å². The van der Waals surface area contributed by atoms with Crippen molar-refractivity contribution in [2.45, 2.75) is 0 Å². The van der Waals surface area contributed by atoms with E-state index in [2.05, 4.69) is 11.1 Å². The molecule has 1 N–H and O–H groups in total. The molecule has 0 fully saturated rings. The Balaban J connectivity index is 2.73. The second-order valence-electron chi connectivity index (χ2n) is 2.38. The minimum Gasteiger partial charge on any atom is -0.395 e. The Morgan fingerprint density at radius 2 is 2.50 bits per heavy atom. The van der Waals surface area contributed by atoms with Gasteiger partial charge in [-0.25, -0.2) is 4.98 Å². The van der Waals surface area contributed by atoms with Gasteiger partial charge in [-0.05, 0) is 12.1 Å². The third-order valence-corrected chi connectivity index (χ3v) is 1.67. The van der Waals surface area contributed by atoms with Gasteiger partial charge >= 0.3 is 0 Å². The van der Waals surface area contributed by atoms with E-state index in [4.69, 9.17) is 16.7 Å². The lowest BCUT2D eigenvalue weighted by molar-refractivity contribution is 0.304. The third kappa shape index (κ3) is 2.36. The van der Waals surface area contributed by atoms with E-state index in [1.807, 2.05) is 11.9 Å². The molecule has 12 heavy (non-hydrogen) atoms. The summed E-state index contributed by atoms with van der Waals surface area (Å²) in [5.41, 5.74) is 0. The Kier molecular flexibility index (Phi) is 3.31. The largest absolute Gasteiger partial charge is 0.395 e. The van der Waals surface area contributed by atoms with E-state index in [1.54, 1.807) is 12.1 Å². The van der Waals surface area contributed by atoms with Crippen molar-refractivity contribution in [3.8, 4) is 0 Å². The van der Waals surface area contributed by atoms with Crippen LogP contribution in [-0.2, 0) is 0 Å². The molecule has 1 aromatic rings. The van der Waals surface area contributed by atoms with E-state index < -0.39 is 0 Å². The number of pyridine rings is 1. The van der Waals surface area contributed by atoms with Crippen LogP contribution < -0.4 is 4.90 Å². The van der Waals surface area contributed by atoms with Gasteiger partial charge in [0, 0.05) is 19.7 Å². The van der Waals surface area contributed by atoms with Gasteiger partial charge in [-0.3, -0.25) is 0 Å². The first-order valence-electron chi connectivity index (χ1n) is 3.60. The smallest absolute Gasteiger partial charge is 0.139 e. The quantitative estimate of drug-likeness (QED) is 0.713. The maximum Gasteiger partial charge on any atom is 0.139 e. The van der Waals surface area contributed by atoms with Crippen LogP contribution in [0.3, 0.4) is 0 Å². The van der Waals surface area contributed by atoms with Crippen molar-refractivity contribution in [1.82, 2.24) is 4.98 Å². The molecule has 0 saturated carbocycles. The van der Waals surface area contributed by atoms with Crippen LogP contribution in [0.25, 0.3) is 0 Å². The highest BCUT2D eigenvalue weighted by Crippen LogP contribution is 2.11. The topological polar surface area (TPSA) is 36.4 Å². The van der Waals surface area contributed by atoms with Crippen LogP contribution in [0.1, 0.15) is 0 Å². The fraction of sp³-hybridized carbons (Fsp3) is 0.375. The molecule has 1 heterocycles. The predicted octanol–water partition coefficient (Wildman–Crippen LogP) is 0.964. The molecule has 0 atom stereocenters. The van der Waals surface area contributed by atoms with Crippen molar-refractivity contribution in [3.63, 3.8) is 0 Å². The molecule has 0 amide bonds. The molecular weight excluding hydrogens is 176 g/mol. The highest BCUT2D eigenvalue weighted by molar-refractivity contribution is 6.29. The molecule has 1 radical (unpaired) electrons. The first-order chi connectivity index (χ1) is 5.74. The molecule has 0 unspecified atom stereocenters. The molecule has 0 aliphatic rings. The number of rotatable bonds is 3. The Morgan fingerprint density at radius 1 is 1.75 bits per heavy atom. The lowest BCUT2D eigenvalue weighted by Gasteiger charge is -2.15. The minimum absolute atomic E-state index is 0.106. The van der Waals surface area contributed by atoms with E-state index in [9.17, 15) is 0 Å². The number of halogens is 1. The molecule has 65 valence electrons. The van der Waals surface area contributed by atoms with E-state index in [1.165, 1.54) is 0 Å². The van der Waals surface area contributed by atoms with Crippen LogP contribution in [0.2, 0.25) is 5.15 Å². The molecule has 0 bridgehead atoms. The van der Waals surface area contributed by atoms with Crippen LogP contribution in [0.15, 0.2) is 12.1 Å². The predicted molar refractivity (Wildman–Crippen MR) is 48.4 cm³/mol. The van der Waals surface area contributed by atoms with Gasteiger partial charge < -0.3 is 10.0 Å². The van der Waals surface area contributed by atoms with E-state index in [0.717, 1.165) is 5.82 Å². The van der Waals surface area contributed by atoms with Crippen molar-refractivity contribution in [2.75, 3.05) is 25.1 Å². The first-order valence-corrected chi connectivity index (χ1v) is 3.98. The Labute approximate surface area is 76.6 Å². The number of aliphatic hydroxyl groups is 1. The van der Waals surface area contributed by atoms with Gasteiger partial charge in [0.1, 0.15) is 11.0 Å². The lowest BCUT2D eigenvalue weighted by atomic mass is 10.4. The molecule has 0 saturated heterocycles. The molecular formula is C8H10ClN2O. The monoisotopic (exact) mass is 185 g/mol. The van der Waals surface area contributed by atoms with Crippen molar-refractivity contribution in [1.29, 1.82) is 0 Å². The average molecular weight is 186 g/mol. The first kappa shape index (κ1) is 9.29. The standard InChI is InChI=1S/C8H10ClN2O/c1-11(5-6-12)8-4-2-3-7(9)10-8/h2,4,12H,5-6H2,1H3. The zero-order valence-corrected chi connectivity index (χ0v) is 7.54. The van der Waals surface area contributed by atoms with Crippen LogP contribution >= 0.6 is 11.6 Å². The second-order valence-corrected chi connectivity index (χ2v) is 2.74. The lowest BCUT2D eigenvalue weighted by Crippen LogP contribution is -2.22. The normalized spacial score (nSPS) is 9.92. The molecule has 0 aliphatic heterocycles. The minimum atomic E-state index is 0.106. The number of hydrogen-bond acceptors (Lipinski definition) is 3. The van der Waals surface area contributed by atoms with E-state index in [-0.39, 0.29) is 6.61 Å². The van der Waals surface area contributed by atoms with Crippen LogP contribution in [0.4, 0.5) is 5.82 Å². The molecule has 1 aromatic heterocycles. The van der Waals surface area contributed by atoms with E-state index in [0.29, 0.717) is 11.7 Å². The molecule has 4 heteroatoms. The Morgan fingerprint density at radius 3 is 3.08 bits per heavy atom. The zero-order chi connectivity index (χ0) is 8.97. The van der Waals surface area contributed by atoms with Crippen LogP contribution in [0, 0.1) is 6.07 Å². The number of likely N-dealkylation sites (N-methyl/N-ethyl adjacent to an activating group) is 1. The summed E-state index contributed by atoms with van der Waals surface area (Å²) in [6.45, 7) is 0.655. The second kappa shape index (κ2) is 4.28. The summed E-state index contributed by atoms with van der Waals surface area (Å²) in [5, 5.41) is 9.00. The molecule has 1 rings (SSSR count). The summed E-state index contributed by atoms with van der Waals surface area (Å²) in [5.74, 6) is 0.743. The van der Waals surface area contributed by atoms with Crippen molar-refractivity contribution in [2.24, 2.45) is 0 Å². The highest BCUT2D eigenvalue weighted by Gasteiger charge is 2.00. The number of aromatic nitrogens is 1. The fourth-order valence-corrected chi connectivity index (χ4v) is 0.982. The molecule has 0 aromatic carbocycles. The number of aliphatic hydroxyl groups excluding tert-OH is 1. The van der Waals surface area contributed by atoms with Gasteiger partial charge in [0.15, 0.2) is 0 Å². The van der Waals surface area contributed by atoms with E-state index >= 15 is 0 Å². The highest BCUT2D eigenvalue weighted by atomic mass is 35.5. The summed E-state index contributed by atoms with van der Waals surface area (Å²) < 4.78 is 0. The number of nitrogens with zero attached hydrogens (tertiary/aromatic N) is 2. The molecule has 3 nitrogen and oxygen atoms in total. The average Bonchev–Trinajstić information content (AvgIpc) is 2.05. The summed E-state index contributed by atoms with van der Waals surface area (Å²) in [6, 6.07) is 6.23. The maximum absolute atomic E-state index is 8.66. The SMILES string of the molecule is CN(CCO)c1cc[c]c(Cl)n1. The van der Waals surface area contributed by atoms with Gasteiger partial charge in [0.2, 0.25) is 0 Å². The maximum atomic E-state index is 8.66. The summed E-state index contributed by atoms with van der Waals surface area (Å²) in [6.07, 6.45) is 0. The van der Waals surface area contributed by atoms with Crippen LogP contribution in [-0.4, -0.2) is 30.3 Å². The number of anilines is 1. The van der Waals surface area contributed by atoms with Gasteiger partial charge in [-0.15, -0.1) is 0 Å². The Hall–Kier alpha value is -0.800. The third-order valence-electron chi connectivity index (χ3n) is 1.47. The molecule has 0 aliphatic carbocycles. The van der Waals surface area contributed by atoms with Gasteiger partial charge in [-0.2, -0.15) is 0 Å². The van der Waals surface area contributed by atoms with Crippen LogP contribution in [0.5, 0.6) is 0 Å².